The summed E-state index contributed by atoms with van der Waals surface area (Å²) in [4.78, 5) is 33.6. The van der Waals surface area contributed by atoms with E-state index < -0.39 is 5.92 Å². The van der Waals surface area contributed by atoms with Crippen LogP contribution in [0, 0.1) is 5.92 Å². The van der Waals surface area contributed by atoms with Crippen molar-refractivity contribution in [3.05, 3.63) is 59.5 Å². The lowest BCUT2D eigenvalue weighted by Crippen LogP contribution is -2.28. The molecule has 0 saturated carbocycles. The molecule has 31 heavy (non-hydrogen) atoms. The van der Waals surface area contributed by atoms with Crippen LogP contribution in [-0.4, -0.2) is 48.6 Å². The van der Waals surface area contributed by atoms with E-state index in [4.69, 9.17) is 4.74 Å². The molecule has 3 aliphatic heterocycles. The summed E-state index contributed by atoms with van der Waals surface area (Å²) in [5, 5.41) is 6.13. The highest BCUT2D eigenvalue weighted by Crippen LogP contribution is 2.35. The van der Waals surface area contributed by atoms with Crippen LogP contribution < -0.4 is 15.0 Å². The third kappa shape index (κ3) is 3.79. The highest BCUT2D eigenvalue weighted by Gasteiger charge is 2.35. The Hall–Kier alpha value is -3.26. The monoisotopic (exact) mass is 434 g/mol. The summed E-state index contributed by atoms with van der Waals surface area (Å²) in [5.74, 6) is 0.0886. The van der Waals surface area contributed by atoms with E-state index in [2.05, 4.69) is 20.6 Å². The van der Waals surface area contributed by atoms with Gasteiger partial charge in [0, 0.05) is 42.4 Å². The molecular formula is C23H22N4O3S. The zero-order valence-electron chi connectivity index (χ0n) is 17.1. The lowest BCUT2D eigenvalue weighted by atomic mass is 10.1. The van der Waals surface area contributed by atoms with Gasteiger partial charge in [-0.3, -0.25) is 14.6 Å². The van der Waals surface area contributed by atoms with E-state index in [-0.39, 0.29) is 18.2 Å². The molecule has 0 aromatic heterocycles. The number of benzene rings is 2. The molecule has 3 heterocycles. The quantitative estimate of drug-likeness (QED) is 0.781. The van der Waals surface area contributed by atoms with Crippen LogP contribution in [0.4, 0.5) is 11.4 Å². The SMILES string of the molecule is COc1cccc(N2CC(C(=O)Nc3ccc(C4=CSC5=NCCN45)cc3)CC2=O)c1. The molecule has 0 aliphatic carbocycles. The van der Waals surface area contributed by atoms with Crippen LogP contribution in [0.5, 0.6) is 5.75 Å². The van der Waals surface area contributed by atoms with Gasteiger partial charge in [0.1, 0.15) is 5.75 Å². The Labute approximate surface area is 184 Å². The maximum Gasteiger partial charge on any atom is 0.229 e. The molecule has 2 amide bonds. The van der Waals surface area contributed by atoms with Crippen molar-refractivity contribution in [2.75, 3.05) is 37.0 Å². The summed E-state index contributed by atoms with van der Waals surface area (Å²) < 4.78 is 5.24. The molecule has 8 heteroatoms. The normalized spacial score (nSPS) is 19.9. The summed E-state index contributed by atoms with van der Waals surface area (Å²) in [6, 6.07) is 15.1. The lowest BCUT2D eigenvalue weighted by molar-refractivity contribution is -0.122. The number of hydrogen-bond acceptors (Lipinski definition) is 6. The lowest BCUT2D eigenvalue weighted by Gasteiger charge is -2.18. The van der Waals surface area contributed by atoms with Gasteiger partial charge in [-0.2, -0.15) is 0 Å². The second kappa shape index (κ2) is 8.11. The first kappa shape index (κ1) is 19.7. The van der Waals surface area contributed by atoms with Crippen molar-refractivity contribution in [3.8, 4) is 5.75 Å². The van der Waals surface area contributed by atoms with Crippen molar-refractivity contribution in [3.63, 3.8) is 0 Å². The van der Waals surface area contributed by atoms with Gasteiger partial charge in [0.05, 0.1) is 25.3 Å². The van der Waals surface area contributed by atoms with Crippen LogP contribution >= 0.6 is 11.8 Å². The minimum atomic E-state index is -0.393. The molecule has 3 aliphatic rings. The standard InChI is InChI=1S/C23H22N4O3S/c1-30-19-4-2-3-18(12-19)27-13-16(11-21(27)28)22(29)25-17-7-5-15(6-8-17)20-14-31-23-24-9-10-26(20)23/h2-8,12,14,16H,9-11,13H2,1H3,(H,25,29). The van der Waals surface area contributed by atoms with E-state index in [1.165, 1.54) is 0 Å². The van der Waals surface area contributed by atoms with Gasteiger partial charge in [0.15, 0.2) is 5.17 Å². The number of carbonyl (C=O) groups excluding carboxylic acids is 2. The van der Waals surface area contributed by atoms with Crippen LogP contribution in [0.1, 0.15) is 12.0 Å². The minimum absolute atomic E-state index is 0.0579. The Kier molecular flexibility index (Phi) is 5.15. The van der Waals surface area contributed by atoms with Crippen molar-refractivity contribution in [2.45, 2.75) is 6.42 Å². The van der Waals surface area contributed by atoms with Gasteiger partial charge in [0.2, 0.25) is 11.8 Å². The van der Waals surface area contributed by atoms with E-state index in [0.717, 1.165) is 40.9 Å². The number of aliphatic imine (C=N–C) groups is 1. The van der Waals surface area contributed by atoms with E-state index in [1.54, 1.807) is 23.8 Å². The van der Waals surface area contributed by atoms with Crippen molar-refractivity contribution in [1.82, 2.24) is 4.90 Å². The molecule has 1 N–H and O–H groups in total. The number of hydrogen-bond donors (Lipinski definition) is 1. The summed E-state index contributed by atoms with van der Waals surface area (Å²) in [6.45, 7) is 2.10. The predicted molar refractivity (Wildman–Crippen MR) is 123 cm³/mol. The fraction of sp³-hybridized carbons (Fsp3) is 0.261. The Balaban J connectivity index is 1.23. The minimum Gasteiger partial charge on any atom is -0.497 e. The predicted octanol–water partition coefficient (Wildman–Crippen LogP) is 3.40. The van der Waals surface area contributed by atoms with Crippen molar-refractivity contribution >= 4 is 45.8 Å². The molecule has 2 aromatic rings. The first-order valence-electron chi connectivity index (χ1n) is 10.2. The first-order chi connectivity index (χ1) is 15.1. The van der Waals surface area contributed by atoms with Gasteiger partial charge in [-0.25, -0.2) is 0 Å². The van der Waals surface area contributed by atoms with Crippen LogP contribution in [0.3, 0.4) is 0 Å². The van der Waals surface area contributed by atoms with Crippen molar-refractivity contribution in [2.24, 2.45) is 10.9 Å². The van der Waals surface area contributed by atoms with Gasteiger partial charge in [-0.1, -0.05) is 30.0 Å². The van der Waals surface area contributed by atoms with Crippen molar-refractivity contribution in [1.29, 1.82) is 0 Å². The number of fused-ring (bicyclic) bond motifs is 1. The second-order valence-corrected chi connectivity index (χ2v) is 8.45. The van der Waals surface area contributed by atoms with E-state index in [9.17, 15) is 9.59 Å². The topological polar surface area (TPSA) is 74.2 Å². The van der Waals surface area contributed by atoms with Crippen LogP contribution in [0.15, 0.2) is 58.9 Å². The Morgan fingerprint density at radius 3 is 2.84 bits per heavy atom. The fourth-order valence-electron chi connectivity index (χ4n) is 4.03. The van der Waals surface area contributed by atoms with Gasteiger partial charge >= 0.3 is 0 Å². The number of methoxy groups -OCH3 is 1. The molecule has 1 atom stereocenters. The number of ether oxygens (including phenoxy) is 1. The Morgan fingerprint density at radius 1 is 1.19 bits per heavy atom. The first-order valence-corrected chi connectivity index (χ1v) is 11.0. The van der Waals surface area contributed by atoms with Crippen molar-refractivity contribution < 1.29 is 14.3 Å². The summed E-state index contributed by atoms with van der Waals surface area (Å²) in [7, 11) is 1.59. The molecule has 0 radical (unpaired) electrons. The number of rotatable bonds is 5. The van der Waals surface area contributed by atoms with E-state index >= 15 is 0 Å². The number of thioether (sulfide) groups is 1. The van der Waals surface area contributed by atoms with E-state index in [1.807, 2.05) is 48.5 Å². The Morgan fingerprint density at radius 2 is 2.03 bits per heavy atom. The molecule has 1 unspecified atom stereocenters. The second-order valence-electron chi connectivity index (χ2n) is 7.61. The number of nitrogens with zero attached hydrogens (tertiary/aromatic N) is 3. The number of nitrogens with one attached hydrogen (secondary N) is 1. The van der Waals surface area contributed by atoms with Crippen LogP contribution in [0.25, 0.3) is 5.70 Å². The third-order valence-electron chi connectivity index (χ3n) is 5.68. The number of amidine groups is 1. The molecule has 1 saturated heterocycles. The average Bonchev–Trinajstić information content (AvgIpc) is 3.50. The highest BCUT2D eigenvalue weighted by molar-refractivity contribution is 8.16. The zero-order valence-corrected chi connectivity index (χ0v) is 17.9. The number of anilines is 2. The zero-order chi connectivity index (χ0) is 21.4. The molecule has 5 rings (SSSR count). The highest BCUT2D eigenvalue weighted by atomic mass is 32.2. The maximum atomic E-state index is 12.8. The summed E-state index contributed by atoms with van der Waals surface area (Å²) in [5.41, 5.74) is 3.71. The maximum absolute atomic E-state index is 12.8. The van der Waals surface area contributed by atoms with Gasteiger partial charge in [-0.15, -0.1) is 0 Å². The average molecular weight is 435 g/mol. The fourth-order valence-corrected chi connectivity index (χ4v) is 4.99. The number of amides is 2. The molecule has 1 fully saturated rings. The third-order valence-corrected chi connectivity index (χ3v) is 6.58. The molecule has 158 valence electrons. The summed E-state index contributed by atoms with van der Waals surface area (Å²) >= 11 is 1.65. The van der Waals surface area contributed by atoms with Crippen LogP contribution in [-0.2, 0) is 9.59 Å². The van der Waals surface area contributed by atoms with Gasteiger partial charge < -0.3 is 19.9 Å². The molecule has 2 aromatic carbocycles. The largest absolute Gasteiger partial charge is 0.497 e. The van der Waals surface area contributed by atoms with E-state index in [0.29, 0.717) is 12.3 Å². The molecule has 7 nitrogen and oxygen atoms in total. The molecule has 0 bridgehead atoms. The molecule has 0 spiro atoms. The smallest absolute Gasteiger partial charge is 0.229 e. The summed E-state index contributed by atoms with van der Waals surface area (Å²) in [6.07, 6.45) is 0.197. The van der Waals surface area contributed by atoms with Gasteiger partial charge in [-0.05, 0) is 29.8 Å². The molecular weight excluding hydrogens is 412 g/mol. The van der Waals surface area contributed by atoms with Gasteiger partial charge in [0.25, 0.3) is 0 Å². The Bertz CT molecular complexity index is 1100. The van der Waals surface area contributed by atoms with Crippen LogP contribution in [0.2, 0.25) is 0 Å². The number of carbonyl (C=O) groups is 2.